The normalized spacial score (nSPS) is 12.3. The molecule has 1 atom stereocenters. The summed E-state index contributed by atoms with van der Waals surface area (Å²) in [5.41, 5.74) is 1.78. The number of ether oxygens (including phenoxy) is 1. The van der Waals surface area contributed by atoms with E-state index in [4.69, 9.17) is 9.84 Å². The molecule has 0 spiro atoms. The number of carbonyl (C=O) groups is 2. The van der Waals surface area contributed by atoms with Crippen molar-refractivity contribution in [2.24, 2.45) is 5.92 Å². The minimum Gasteiger partial charge on any atom is -0.490 e. The lowest BCUT2D eigenvalue weighted by molar-refractivity contribution is -0.138. The molecule has 1 heterocycles. The van der Waals surface area contributed by atoms with E-state index in [1.54, 1.807) is 30.5 Å². The molecule has 0 radical (unpaired) electrons. The topological polar surface area (TPSA) is 88.5 Å². The number of rotatable bonds is 13. The number of aromatic nitrogens is 1. The van der Waals surface area contributed by atoms with Gasteiger partial charge >= 0.3 is 12.1 Å². The van der Waals surface area contributed by atoms with Gasteiger partial charge in [0, 0.05) is 29.7 Å². The molecule has 0 bridgehead atoms. The monoisotopic (exact) mass is 528 g/mol. The van der Waals surface area contributed by atoms with E-state index in [9.17, 15) is 22.8 Å². The third kappa shape index (κ3) is 8.90. The van der Waals surface area contributed by atoms with E-state index in [1.807, 2.05) is 12.1 Å². The number of hydrogen-bond acceptors (Lipinski definition) is 5. The van der Waals surface area contributed by atoms with Crippen LogP contribution >= 0.6 is 0 Å². The highest BCUT2D eigenvalue weighted by Gasteiger charge is 2.30. The fourth-order valence-electron chi connectivity index (χ4n) is 3.93. The molecule has 0 unspecified atom stereocenters. The third-order valence-electron chi connectivity index (χ3n) is 5.82. The standard InChI is InChI=1S/C29H31F3N2O4/c1-19(2)16-24(34-23-12-8-21(9-13-23)27(35)4-3-5-28(36)37)18-38-25-14-15-26(33-17-25)20-6-10-22(11-7-20)29(30,31)32/h6-15,17,19,24,34H,3-5,16,18H2,1-2H3,(H,36,37)/t24-/m0/s1. The molecule has 2 N–H and O–H groups in total. The summed E-state index contributed by atoms with van der Waals surface area (Å²) < 4.78 is 44.3. The third-order valence-corrected chi connectivity index (χ3v) is 5.82. The van der Waals surface area contributed by atoms with E-state index in [2.05, 4.69) is 24.1 Å². The number of alkyl halides is 3. The molecule has 0 aliphatic heterocycles. The smallest absolute Gasteiger partial charge is 0.416 e. The lowest BCUT2D eigenvalue weighted by atomic mass is 10.0. The van der Waals surface area contributed by atoms with Gasteiger partial charge in [0.1, 0.15) is 12.4 Å². The summed E-state index contributed by atoms with van der Waals surface area (Å²) in [5.74, 6) is -0.0707. The lowest BCUT2D eigenvalue weighted by Gasteiger charge is -2.22. The number of pyridine rings is 1. The molecule has 0 amide bonds. The summed E-state index contributed by atoms with van der Waals surface area (Å²) >= 11 is 0. The zero-order valence-corrected chi connectivity index (χ0v) is 21.3. The maximum Gasteiger partial charge on any atom is 0.416 e. The maximum absolute atomic E-state index is 12.8. The number of carboxylic acids is 1. The zero-order valence-electron chi connectivity index (χ0n) is 21.3. The number of nitrogens with one attached hydrogen (secondary N) is 1. The van der Waals surface area contributed by atoms with Gasteiger partial charge in [0.25, 0.3) is 0 Å². The van der Waals surface area contributed by atoms with Gasteiger partial charge in [0.15, 0.2) is 5.78 Å². The summed E-state index contributed by atoms with van der Waals surface area (Å²) in [6, 6.07) is 15.3. The lowest BCUT2D eigenvalue weighted by Crippen LogP contribution is -2.28. The number of carbonyl (C=O) groups excluding carboxylic acids is 1. The Hall–Kier alpha value is -3.88. The van der Waals surface area contributed by atoms with Gasteiger partial charge < -0.3 is 15.2 Å². The minimum atomic E-state index is -4.38. The highest BCUT2D eigenvalue weighted by atomic mass is 19.4. The Balaban J connectivity index is 1.57. The van der Waals surface area contributed by atoms with Gasteiger partial charge in [0.2, 0.25) is 0 Å². The highest BCUT2D eigenvalue weighted by Crippen LogP contribution is 2.31. The molecule has 3 aromatic rings. The van der Waals surface area contributed by atoms with Crippen molar-refractivity contribution >= 4 is 17.4 Å². The molecular weight excluding hydrogens is 497 g/mol. The molecule has 1 aromatic heterocycles. The maximum atomic E-state index is 12.8. The highest BCUT2D eigenvalue weighted by molar-refractivity contribution is 5.96. The Morgan fingerprint density at radius 2 is 1.66 bits per heavy atom. The molecule has 38 heavy (non-hydrogen) atoms. The molecule has 0 fully saturated rings. The van der Waals surface area contributed by atoms with Crippen LogP contribution in [0.2, 0.25) is 0 Å². The number of nitrogens with zero attached hydrogens (tertiary/aromatic N) is 1. The number of ketones is 1. The van der Waals surface area contributed by atoms with Crippen molar-refractivity contribution in [3.63, 3.8) is 0 Å². The second kappa shape index (κ2) is 13.1. The molecule has 6 nitrogen and oxygen atoms in total. The van der Waals surface area contributed by atoms with E-state index < -0.39 is 17.7 Å². The van der Waals surface area contributed by atoms with Crippen LogP contribution in [-0.2, 0) is 11.0 Å². The first kappa shape index (κ1) is 28.7. The number of anilines is 1. The molecule has 0 saturated heterocycles. The zero-order chi connectivity index (χ0) is 27.7. The van der Waals surface area contributed by atoms with Crippen molar-refractivity contribution in [1.82, 2.24) is 4.98 Å². The Labute approximate surface area is 219 Å². The average molecular weight is 529 g/mol. The first-order chi connectivity index (χ1) is 18.0. The summed E-state index contributed by atoms with van der Waals surface area (Å²) in [6.07, 6.45) is -1.55. The van der Waals surface area contributed by atoms with Crippen LogP contribution in [0.1, 0.15) is 55.5 Å². The second-order valence-electron chi connectivity index (χ2n) is 9.48. The first-order valence-corrected chi connectivity index (χ1v) is 12.4. The SMILES string of the molecule is CC(C)C[C@@H](COc1ccc(-c2ccc(C(F)(F)F)cc2)nc1)Nc1ccc(C(=O)CCCC(=O)O)cc1. The van der Waals surface area contributed by atoms with Crippen LogP contribution in [-0.4, -0.2) is 34.5 Å². The summed E-state index contributed by atoms with van der Waals surface area (Å²) in [4.78, 5) is 27.2. The summed E-state index contributed by atoms with van der Waals surface area (Å²) in [7, 11) is 0. The largest absolute Gasteiger partial charge is 0.490 e. The van der Waals surface area contributed by atoms with Crippen LogP contribution in [0.25, 0.3) is 11.3 Å². The van der Waals surface area contributed by atoms with Gasteiger partial charge in [-0.3, -0.25) is 14.6 Å². The van der Waals surface area contributed by atoms with Crippen LogP contribution in [0.3, 0.4) is 0 Å². The Bertz CT molecular complexity index is 1190. The molecule has 202 valence electrons. The van der Waals surface area contributed by atoms with Crippen LogP contribution < -0.4 is 10.1 Å². The van der Waals surface area contributed by atoms with Crippen LogP contribution in [0.5, 0.6) is 5.75 Å². The van der Waals surface area contributed by atoms with E-state index in [0.29, 0.717) is 41.5 Å². The van der Waals surface area contributed by atoms with Gasteiger partial charge in [-0.15, -0.1) is 0 Å². The van der Waals surface area contributed by atoms with Crippen LogP contribution in [0.4, 0.5) is 18.9 Å². The fraction of sp³-hybridized carbons (Fsp3) is 0.345. The van der Waals surface area contributed by atoms with Crippen molar-refractivity contribution in [2.45, 2.75) is 51.7 Å². The number of benzene rings is 2. The number of halogens is 3. The Kier molecular flexibility index (Phi) is 9.87. The van der Waals surface area contributed by atoms with Crippen molar-refractivity contribution in [1.29, 1.82) is 0 Å². The van der Waals surface area contributed by atoms with Gasteiger partial charge in [-0.05, 0) is 67.3 Å². The first-order valence-electron chi connectivity index (χ1n) is 12.4. The van der Waals surface area contributed by atoms with Gasteiger partial charge in [-0.25, -0.2) is 0 Å². The molecular formula is C29H31F3N2O4. The number of aliphatic carboxylic acids is 1. The predicted molar refractivity (Wildman–Crippen MR) is 139 cm³/mol. The molecule has 3 rings (SSSR count). The molecule has 2 aromatic carbocycles. The van der Waals surface area contributed by atoms with E-state index in [0.717, 1.165) is 24.2 Å². The van der Waals surface area contributed by atoms with Crippen molar-refractivity contribution in [3.8, 4) is 17.0 Å². The van der Waals surface area contributed by atoms with Crippen LogP contribution in [0.15, 0.2) is 66.9 Å². The number of carboxylic acid groups (broad SMARTS) is 1. The Morgan fingerprint density at radius 1 is 0.974 bits per heavy atom. The fourth-order valence-corrected chi connectivity index (χ4v) is 3.93. The van der Waals surface area contributed by atoms with Gasteiger partial charge in [-0.2, -0.15) is 13.2 Å². The van der Waals surface area contributed by atoms with E-state index in [-0.39, 0.29) is 24.7 Å². The number of Topliss-reactive ketones (excluding diaryl/α,β-unsaturated/α-hetero) is 1. The predicted octanol–water partition coefficient (Wildman–Crippen LogP) is 7.11. The summed E-state index contributed by atoms with van der Waals surface area (Å²) in [6.45, 7) is 4.57. The average Bonchev–Trinajstić information content (AvgIpc) is 2.87. The van der Waals surface area contributed by atoms with Crippen molar-refractivity contribution in [2.75, 3.05) is 11.9 Å². The second-order valence-corrected chi connectivity index (χ2v) is 9.48. The molecule has 0 saturated carbocycles. The quantitative estimate of drug-likeness (QED) is 0.230. The van der Waals surface area contributed by atoms with Crippen molar-refractivity contribution < 1.29 is 32.6 Å². The van der Waals surface area contributed by atoms with Crippen LogP contribution in [0, 0.1) is 5.92 Å². The van der Waals surface area contributed by atoms with E-state index in [1.165, 1.54) is 12.1 Å². The summed E-state index contributed by atoms with van der Waals surface area (Å²) in [5, 5.41) is 12.2. The van der Waals surface area contributed by atoms with Crippen molar-refractivity contribution in [3.05, 3.63) is 78.0 Å². The van der Waals surface area contributed by atoms with Gasteiger partial charge in [0.05, 0.1) is 23.5 Å². The van der Waals surface area contributed by atoms with Gasteiger partial charge in [-0.1, -0.05) is 26.0 Å². The van der Waals surface area contributed by atoms with E-state index >= 15 is 0 Å². The molecule has 0 aliphatic rings. The number of hydrogen-bond donors (Lipinski definition) is 2. The minimum absolute atomic E-state index is 0.0262. The molecule has 0 aliphatic carbocycles. The molecule has 9 heteroatoms. The Morgan fingerprint density at radius 3 is 2.21 bits per heavy atom.